The van der Waals surface area contributed by atoms with Crippen molar-refractivity contribution in [2.45, 2.75) is 52.4 Å². The number of nitrogens with zero attached hydrogens (tertiary/aromatic N) is 6. The molecule has 2 heterocycles. The number of benzene rings is 1. The van der Waals surface area contributed by atoms with Crippen molar-refractivity contribution < 1.29 is 0 Å². The predicted octanol–water partition coefficient (Wildman–Crippen LogP) is 6.47. The molecule has 0 amide bonds. The number of aryl methyl sites for hydroxylation is 2. The van der Waals surface area contributed by atoms with Crippen molar-refractivity contribution in [3.8, 4) is 0 Å². The van der Waals surface area contributed by atoms with Gasteiger partial charge in [0.2, 0.25) is 0 Å². The van der Waals surface area contributed by atoms with E-state index in [1.807, 2.05) is 40.0 Å². The number of aromatic nitrogens is 3. The molecular formula is C22H28N6. The van der Waals surface area contributed by atoms with Crippen LogP contribution in [0.1, 0.15) is 52.9 Å². The fourth-order valence-electron chi connectivity index (χ4n) is 3.65. The van der Waals surface area contributed by atoms with Crippen molar-refractivity contribution in [3.63, 3.8) is 0 Å². The average Bonchev–Trinajstić information content (AvgIpc) is 3.07. The van der Waals surface area contributed by atoms with E-state index in [1.54, 1.807) is 4.68 Å². The van der Waals surface area contributed by atoms with E-state index < -0.39 is 0 Å². The van der Waals surface area contributed by atoms with Gasteiger partial charge in [0.15, 0.2) is 5.82 Å². The maximum Gasteiger partial charge on any atom is 0.255 e. The van der Waals surface area contributed by atoms with Gasteiger partial charge in [-0.2, -0.15) is 5.10 Å². The van der Waals surface area contributed by atoms with E-state index in [9.17, 15) is 0 Å². The van der Waals surface area contributed by atoms with Gasteiger partial charge in [-0.1, -0.05) is 59.7 Å². The van der Waals surface area contributed by atoms with Gasteiger partial charge in [-0.25, -0.2) is 4.85 Å². The molecule has 0 atom stereocenters. The van der Waals surface area contributed by atoms with E-state index in [-0.39, 0.29) is 10.8 Å². The molecule has 28 heavy (non-hydrogen) atoms. The molecule has 0 aliphatic heterocycles. The lowest BCUT2D eigenvalue weighted by Gasteiger charge is -2.20. The summed E-state index contributed by atoms with van der Waals surface area (Å²) < 4.78 is 3.84. The zero-order chi connectivity index (χ0) is 20.9. The van der Waals surface area contributed by atoms with Crippen molar-refractivity contribution in [2.75, 3.05) is 0 Å². The Balaban J connectivity index is 2.24. The molecule has 6 nitrogen and oxygen atoms in total. The topological polar surface area (TPSA) is 51.8 Å². The van der Waals surface area contributed by atoms with Crippen molar-refractivity contribution in [2.24, 2.45) is 24.3 Å². The summed E-state index contributed by atoms with van der Waals surface area (Å²) in [7, 11) is 3.88. The van der Waals surface area contributed by atoms with Crippen LogP contribution in [0.2, 0.25) is 0 Å². The number of fused-ring (bicyclic) bond motifs is 1. The second-order valence-electron chi connectivity index (χ2n) is 9.23. The van der Waals surface area contributed by atoms with Crippen LogP contribution in [0, 0.1) is 6.57 Å². The predicted molar refractivity (Wildman–Crippen MR) is 114 cm³/mol. The maximum atomic E-state index is 7.64. The third kappa shape index (κ3) is 3.22. The van der Waals surface area contributed by atoms with Crippen LogP contribution in [0.4, 0.5) is 17.2 Å². The van der Waals surface area contributed by atoms with Crippen molar-refractivity contribution in [3.05, 3.63) is 47.1 Å². The van der Waals surface area contributed by atoms with E-state index in [2.05, 4.69) is 64.7 Å². The summed E-state index contributed by atoms with van der Waals surface area (Å²) >= 11 is 0. The number of azo groups is 1. The molecule has 0 unspecified atom stereocenters. The standard InChI is InChI=1S/C22H28N6/c1-21(2,3)18-17(23-7)20(28(9)26-18)25-24-16-14-12-10-11-13-15(14)27(8)19(16)22(4,5)6/h10-13H,1-6,8-9H3. The lowest BCUT2D eigenvalue weighted by molar-refractivity contribution is 0.547. The first-order valence-electron chi connectivity index (χ1n) is 9.41. The molecule has 3 rings (SSSR count). The Bertz CT molecular complexity index is 1110. The van der Waals surface area contributed by atoms with E-state index in [4.69, 9.17) is 6.57 Å². The highest BCUT2D eigenvalue weighted by Gasteiger charge is 2.28. The van der Waals surface area contributed by atoms with Crippen LogP contribution in [0.15, 0.2) is 34.5 Å². The Kier molecular flexibility index (Phi) is 4.66. The van der Waals surface area contributed by atoms with Crippen LogP contribution in [0.5, 0.6) is 0 Å². The van der Waals surface area contributed by atoms with Crippen LogP contribution in [0.25, 0.3) is 15.7 Å². The number of rotatable bonds is 2. The lowest BCUT2D eigenvalue weighted by atomic mass is 9.91. The Labute approximate surface area is 166 Å². The van der Waals surface area contributed by atoms with Crippen LogP contribution in [-0.4, -0.2) is 14.3 Å². The van der Waals surface area contributed by atoms with Crippen molar-refractivity contribution >= 4 is 28.1 Å². The Morgan fingerprint density at radius 3 is 2.18 bits per heavy atom. The van der Waals surface area contributed by atoms with E-state index in [0.29, 0.717) is 11.5 Å². The zero-order valence-electron chi connectivity index (χ0n) is 18.0. The zero-order valence-corrected chi connectivity index (χ0v) is 18.0. The molecule has 0 bridgehead atoms. The molecule has 1 aromatic carbocycles. The lowest BCUT2D eigenvalue weighted by Crippen LogP contribution is -2.15. The van der Waals surface area contributed by atoms with Crippen LogP contribution >= 0.6 is 0 Å². The van der Waals surface area contributed by atoms with Gasteiger partial charge in [-0.3, -0.25) is 4.68 Å². The normalized spacial score (nSPS) is 12.8. The van der Waals surface area contributed by atoms with E-state index >= 15 is 0 Å². The number of hydrogen-bond donors (Lipinski definition) is 0. The smallest absolute Gasteiger partial charge is 0.255 e. The van der Waals surface area contributed by atoms with Gasteiger partial charge in [0.25, 0.3) is 5.69 Å². The fraction of sp³-hybridized carbons (Fsp3) is 0.455. The summed E-state index contributed by atoms with van der Waals surface area (Å²) in [4.78, 5) is 3.72. The minimum Gasteiger partial charge on any atom is -0.345 e. The first-order valence-corrected chi connectivity index (χ1v) is 9.41. The highest BCUT2D eigenvalue weighted by atomic mass is 15.4. The van der Waals surface area contributed by atoms with Gasteiger partial charge in [0.05, 0.1) is 23.5 Å². The summed E-state index contributed by atoms with van der Waals surface area (Å²) in [6.07, 6.45) is 0. The maximum absolute atomic E-state index is 7.64. The van der Waals surface area contributed by atoms with Crippen LogP contribution in [-0.2, 0) is 24.9 Å². The van der Waals surface area contributed by atoms with Gasteiger partial charge in [0.1, 0.15) is 5.69 Å². The fourth-order valence-corrected chi connectivity index (χ4v) is 3.65. The molecule has 0 saturated heterocycles. The third-order valence-electron chi connectivity index (χ3n) is 4.85. The summed E-state index contributed by atoms with van der Waals surface area (Å²) in [5.41, 5.74) is 3.95. The van der Waals surface area contributed by atoms with Gasteiger partial charge >= 0.3 is 0 Å². The minimum absolute atomic E-state index is 0.103. The summed E-state index contributed by atoms with van der Waals surface area (Å²) in [5.74, 6) is 0.493. The van der Waals surface area contributed by atoms with E-state index in [0.717, 1.165) is 28.0 Å². The molecular weight excluding hydrogens is 348 g/mol. The van der Waals surface area contributed by atoms with Crippen LogP contribution < -0.4 is 0 Å². The summed E-state index contributed by atoms with van der Waals surface area (Å²) in [6, 6.07) is 8.21. The monoisotopic (exact) mass is 376 g/mol. The first kappa shape index (κ1) is 19.8. The second-order valence-corrected chi connectivity index (χ2v) is 9.23. The molecule has 0 aliphatic rings. The highest BCUT2D eigenvalue weighted by Crippen LogP contribution is 2.42. The molecule has 2 aromatic heterocycles. The van der Waals surface area contributed by atoms with Crippen molar-refractivity contribution in [1.82, 2.24) is 14.3 Å². The van der Waals surface area contributed by atoms with E-state index in [1.165, 1.54) is 0 Å². The summed E-state index contributed by atoms with van der Waals surface area (Å²) in [6.45, 7) is 20.3. The average molecular weight is 377 g/mol. The largest absolute Gasteiger partial charge is 0.345 e. The molecule has 0 saturated carbocycles. The molecule has 0 spiro atoms. The summed E-state index contributed by atoms with van der Waals surface area (Å²) in [5, 5.41) is 14.8. The van der Waals surface area contributed by atoms with Gasteiger partial charge < -0.3 is 4.57 Å². The van der Waals surface area contributed by atoms with Gasteiger partial charge in [0, 0.05) is 24.9 Å². The molecule has 6 heteroatoms. The highest BCUT2D eigenvalue weighted by molar-refractivity contribution is 5.94. The van der Waals surface area contributed by atoms with Gasteiger partial charge in [-0.15, -0.1) is 10.2 Å². The molecule has 0 aliphatic carbocycles. The van der Waals surface area contributed by atoms with Crippen LogP contribution in [0.3, 0.4) is 0 Å². The third-order valence-corrected chi connectivity index (χ3v) is 4.85. The first-order chi connectivity index (χ1) is 13.0. The quantitative estimate of drug-likeness (QED) is 0.373. The molecule has 146 valence electrons. The Hall–Kier alpha value is -2.94. The van der Waals surface area contributed by atoms with Gasteiger partial charge in [-0.05, 0) is 11.5 Å². The number of para-hydroxylation sites is 1. The molecule has 0 fully saturated rings. The number of hydrogen-bond acceptors (Lipinski definition) is 3. The Morgan fingerprint density at radius 1 is 0.964 bits per heavy atom. The molecule has 0 N–H and O–H groups in total. The second kappa shape index (κ2) is 6.59. The van der Waals surface area contributed by atoms with Crippen molar-refractivity contribution in [1.29, 1.82) is 0 Å². The Morgan fingerprint density at radius 2 is 1.61 bits per heavy atom. The SMILES string of the molecule is [C-]#[N+]c1c(C(C)(C)C)nn(C)c1N=Nc1c(C(C)(C)C)n(C)c2ccccc12. The molecule has 3 aromatic rings. The molecule has 0 radical (unpaired) electrons. The minimum atomic E-state index is -0.235.